The lowest BCUT2D eigenvalue weighted by Gasteiger charge is -2.24. The minimum absolute atomic E-state index is 0.0625. The molecule has 1 rings (SSSR count). The molecule has 0 aromatic rings. The topological polar surface area (TPSA) is 38.0 Å². The van der Waals surface area contributed by atoms with Crippen molar-refractivity contribution in [3.05, 3.63) is 0 Å². The standard InChI is InChI=1S/C9H18F2N2/c10-9(11)8(13-12)7-5-3-1-2-4-6-7/h7-9,13H,1-6,12H2. The van der Waals surface area contributed by atoms with E-state index in [-0.39, 0.29) is 5.92 Å². The Kier molecular flexibility index (Phi) is 4.59. The van der Waals surface area contributed by atoms with Crippen LogP contribution in [0, 0.1) is 5.92 Å². The van der Waals surface area contributed by atoms with Crippen molar-refractivity contribution in [2.24, 2.45) is 11.8 Å². The molecule has 1 unspecified atom stereocenters. The van der Waals surface area contributed by atoms with Crippen molar-refractivity contribution in [1.29, 1.82) is 0 Å². The van der Waals surface area contributed by atoms with Crippen LogP contribution >= 0.6 is 0 Å². The van der Waals surface area contributed by atoms with E-state index in [1.54, 1.807) is 0 Å². The first-order chi connectivity index (χ1) is 6.25. The van der Waals surface area contributed by atoms with Crippen molar-refractivity contribution in [2.75, 3.05) is 0 Å². The maximum Gasteiger partial charge on any atom is 0.255 e. The molecule has 78 valence electrons. The minimum Gasteiger partial charge on any atom is -0.271 e. The first kappa shape index (κ1) is 10.9. The molecule has 0 aliphatic heterocycles. The van der Waals surface area contributed by atoms with Crippen molar-refractivity contribution in [3.63, 3.8) is 0 Å². The second-order valence-electron chi connectivity index (χ2n) is 3.78. The first-order valence-electron chi connectivity index (χ1n) is 5.00. The summed E-state index contributed by atoms with van der Waals surface area (Å²) in [5, 5.41) is 0. The van der Waals surface area contributed by atoms with E-state index in [1.165, 1.54) is 12.8 Å². The fourth-order valence-electron chi connectivity index (χ4n) is 2.08. The van der Waals surface area contributed by atoms with Gasteiger partial charge in [-0.2, -0.15) is 0 Å². The number of halogens is 2. The van der Waals surface area contributed by atoms with Crippen LogP contribution in [0.2, 0.25) is 0 Å². The van der Waals surface area contributed by atoms with Crippen LogP contribution in [-0.2, 0) is 0 Å². The Morgan fingerprint density at radius 1 is 1.08 bits per heavy atom. The van der Waals surface area contributed by atoms with Gasteiger partial charge in [0.2, 0.25) is 0 Å². The van der Waals surface area contributed by atoms with E-state index in [0.717, 1.165) is 25.7 Å². The molecular weight excluding hydrogens is 174 g/mol. The van der Waals surface area contributed by atoms with Gasteiger partial charge >= 0.3 is 0 Å². The van der Waals surface area contributed by atoms with Gasteiger partial charge in [0.1, 0.15) is 0 Å². The normalized spacial score (nSPS) is 23.1. The maximum absolute atomic E-state index is 12.5. The Morgan fingerprint density at radius 3 is 2.00 bits per heavy atom. The summed E-state index contributed by atoms with van der Waals surface area (Å²) in [5.41, 5.74) is 2.25. The molecule has 0 radical (unpaired) electrons. The molecule has 0 aromatic carbocycles. The zero-order valence-corrected chi connectivity index (χ0v) is 7.81. The maximum atomic E-state index is 12.5. The summed E-state index contributed by atoms with van der Waals surface area (Å²) in [6.45, 7) is 0. The van der Waals surface area contributed by atoms with E-state index in [0.29, 0.717) is 0 Å². The third kappa shape index (κ3) is 3.19. The average molecular weight is 192 g/mol. The number of rotatable bonds is 3. The summed E-state index contributed by atoms with van der Waals surface area (Å²) in [5.74, 6) is 5.19. The van der Waals surface area contributed by atoms with Gasteiger partial charge in [-0.3, -0.25) is 11.3 Å². The Hall–Kier alpha value is -0.220. The van der Waals surface area contributed by atoms with Crippen molar-refractivity contribution < 1.29 is 8.78 Å². The quantitative estimate of drug-likeness (QED) is 0.408. The van der Waals surface area contributed by atoms with Gasteiger partial charge in [0, 0.05) is 0 Å². The van der Waals surface area contributed by atoms with Crippen LogP contribution in [-0.4, -0.2) is 12.5 Å². The molecule has 3 N–H and O–H groups in total. The highest BCUT2D eigenvalue weighted by atomic mass is 19.3. The van der Waals surface area contributed by atoms with Gasteiger partial charge in [-0.05, 0) is 18.8 Å². The smallest absolute Gasteiger partial charge is 0.255 e. The molecule has 1 aliphatic rings. The number of hydrogen-bond acceptors (Lipinski definition) is 2. The highest BCUT2D eigenvalue weighted by Crippen LogP contribution is 2.27. The predicted molar refractivity (Wildman–Crippen MR) is 48.3 cm³/mol. The largest absolute Gasteiger partial charge is 0.271 e. The molecule has 4 heteroatoms. The van der Waals surface area contributed by atoms with Gasteiger partial charge in [-0.15, -0.1) is 0 Å². The molecule has 13 heavy (non-hydrogen) atoms. The summed E-state index contributed by atoms with van der Waals surface area (Å²) in [6.07, 6.45) is 3.92. The Balaban J connectivity index is 2.45. The zero-order valence-electron chi connectivity index (χ0n) is 7.81. The SMILES string of the molecule is NNC(C(F)F)C1CCCCCC1. The van der Waals surface area contributed by atoms with Crippen molar-refractivity contribution in [2.45, 2.75) is 51.0 Å². The predicted octanol–water partition coefficient (Wildman–Crippen LogP) is 2.05. The molecule has 1 aliphatic carbocycles. The second-order valence-corrected chi connectivity index (χ2v) is 3.78. The molecular formula is C9H18F2N2. The van der Waals surface area contributed by atoms with Crippen LogP contribution in [0.25, 0.3) is 0 Å². The van der Waals surface area contributed by atoms with E-state index in [9.17, 15) is 8.78 Å². The third-order valence-corrected chi connectivity index (χ3v) is 2.87. The Labute approximate surface area is 77.8 Å². The van der Waals surface area contributed by atoms with E-state index in [2.05, 4.69) is 5.43 Å². The van der Waals surface area contributed by atoms with Crippen molar-refractivity contribution in [1.82, 2.24) is 5.43 Å². The zero-order chi connectivity index (χ0) is 9.68. The van der Waals surface area contributed by atoms with Crippen LogP contribution in [0.5, 0.6) is 0 Å². The Bertz CT molecular complexity index is 134. The highest BCUT2D eigenvalue weighted by molar-refractivity contribution is 4.78. The second kappa shape index (κ2) is 5.50. The molecule has 1 saturated carbocycles. The van der Waals surface area contributed by atoms with Gasteiger partial charge in [-0.25, -0.2) is 8.78 Å². The average Bonchev–Trinajstić information content (AvgIpc) is 2.33. The Morgan fingerprint density at radius 2 is 1.62 bits per heavy atom. The van der Waals surface area contributed by atoms with E-state index >= 15 is 0 Å². The summed E-state index contributed by atoms with van der Waals surface area (Å²) < 4.78 is 24.9. The number of nitrogens with two attached hydrogens (primary N) is 1. The third-order valence-electron chi connectivity index (χ3n) is 2.87. The highest BCUT2D eigenvalue weighted by Gasteiger charge is 2.28. The summed E-state index contributed by atoms with van der Waals surface area (Å²) in [4.78, 5) is 0. The lowest BCUT2D eigenvalue weighted by Crippen LogP contribution is -2.45. The molecule has 1 atom stereocenters. The molecule has 0 aromatic heterocycles. The van der Waals surface area contributed by atoms with Crippen LogP contribution in [0.15, 0.2) is 0 Å². The van der Waals surface area contributed by atoms with Gasteiger partial charge in [-0.1, -0.05) is 25.7 Å². The van der Waals surface area contributed by atoms with E-state index in [4.69, 9.17) is 5.84 Å². The van der Waals surface area contributed by atoms with Crippen LogP contribution in [0.4, 0.5) is 8.78 Å². The summed E-state index contributed by atoms with van der Waals surface area (Å²) >= 11 is 0. The molecule has 0 saturated heterocycles. The summed E-state index contributed by atoms with van der Waals surface area (Å²) in [7, 11) is 0. The van der Waals surface area contributed by atoms with Crippen LogP contribution in [0.1, 0.15) is 38.5 Å². The molecule has 0 bridgehead atoms. The van der Waals surface area contributed by atoms with Gasteiger partial charge in [0.15, 0.2) is 0 Å². The summed E-state index contributed by atoms with van der Waals surface area (Å²) in [6, 6.07) is -0.807. The number of alkyl halides is 2. The fraction of sp³-hybridized carbons (Fsp3) is 1.00. The lowest BCUT2D eigenvalue weighted by atomic mass is 9.92. The molecule has 1 fully saturated rings. The van der Waals surface area contributed by atoms with Crippen LogP contribution < -0.4 is 11.3 Å². The molecule has 2 nitrogen and oxygen atoms in total. The first-order valence-corrected chi connectivity index (χ1v) is 5.00. The van der Waals surface area contributed by atoms with Gasteiger partial charge in [0.25, 0.3) is 6.43 Å². The lowest BCUT2D eigenvalue weighted by molar-refractivity contribution is 0.0644. The van der Waals surface area contributed by atoms with Gasteiger partial charge in [0.05, 0.1) is 6.04 Å². The monoisotopic (exact) mass is 192 g/mol. The number of nitrogens with one attached hydrogen (secondary N) is 1. The number of hydrogen-bond donors (Lipinski definition) is 2. The van der Waals surface area contributed by atoms with E-state index < -0.39 is 12.5 Å². The molecule has 0 spiro atoms. The molecule has 0 heterocycles. The van der Waals surface area contributed by atoms with Gasteiger partial charge < -0.3 is 0 Å². The number of hydrazine groups is 1. The molecule has 0 amide bonds. The van der Waals surface area contributed by atoms with Crippen molar-refractivity contribution >= 4 is 0 Å². The van der Waals surface area contributed by atoms with E-state index in [1.807, 2.05) is 0 Å². The van der Waals surface area contributed by atoms with Crippen LogP contribution in [0.3, 0.4) is 0 Å². The van der Waals surface area contributed by atoms with Crippen molar-refractivity contribution in [3.8, 4) is 0 Å². The fourth-order valence-corrected chi connectivity index (χ4v) is 2.08. The minimum atomic E-state index is -2.34.